The number of fused-ring (bicyclic) bond motifs is 1. The van der Waals surface area contributed by atoms with Crippen LogP contribution in [0.25, 0.3) is 11.4 Å². The van der Waals surface area contributed by atoms with E-state index in [1.807, 2.05) is 29.2 Å². The van der Waals surface area contributed by atoms with Crippen LogP contribution in [-0.4, -0.2) is 51.1 Å². The van der Waals surface area contributed by atoms with Crippen LogP contribution in [0.15, 0.2) is 47.6 Å². The summed E-state index contributed by atoms with van der Waals surface area (Å²) in [7, 11) is 0. The van der Waals surface area contributed by atoms with Crippen molar-refractivity contribution in [1.82, 2.24) is 19.7 Å². The summed E-state index contributed by atoms with van der Waals surface area (Å²) < 4.78 is 13.5. The van der Waals surface area contributed by atoms with Crippen molar-refractivity contribution in [3.63, 3.8) is 0 Å². The number of aryl methyl sites for hydroxylation is 1. The SMILES string of the molecule is CCn1c(SCC(=O)N2CCCC2c2ccc3c(c2)OCCO3)nnc1-c1ccccc1C. The number of hydrogen-bond donors (Lipinski definition) is 0. The van der Waals surface area contributed by atoms with Crippen LogP contribution in [0.2, 0.25) is 0 Å². The number of nitrogens with zero attached hydrogens (tertiary/aromatic N) is 4. The summed E-state index contributed by atoms with van der Waals surface area (Å²) in [5.74, 6) is 2.86. The molecule has 3 aromatic rings. The standard InChI is InChI=1S/C25H28N4O3S/c1-3-28-24(19-8-5-4-7-17(19)2)26-27-25(28)33-16-23(30)29-12-6-9-20(29)18-10-11-21-22(15-18)32-14-13-31-21/h4-5,7-8,10-11,15,20H,3,6,9,12-14,16H2,1-2H3. The minimum absolute atomic E-state index is 0.0699. The van der Waals surface area contributed by atoms with Crippen molar-refractivity contribution in [3.05, 3.63) is 53.6 Å². The van der Waals surface area contributed by atoms with Crippen molar-refractivity contribution in [3.8, 4) is 22.9 Å². The second-order valence-electron chi connectivity index (χ2n) is 8.30. The molecule has 2 aliphatic heterocycles. The van der Waals surface area contributed by atoms with Crippen molar-refractivity contribution in [2.45, 2.75) is 44.4 Å². The van der Waals surface area contributed by atoms with Crippen molar-refractivity contribution in [1.29, 1.82) is 0 Å². The molecule has 3 heterocycles. The molecular formula is C25H28N4O3S. The normalized spacial score (nSPS) is 17.4. The lowest BCUT2D eigenvalue weighted by Crippen LogP contribution is -2.32. The second-order valence-corrected chi connectivity index (χ2v) is 9.24. The second kappa shape index (κ2) is 9.47. The molecule has 1 saturated heterocycles. The lowest BCUT2D eigenvalue weighted by Gasteiger charge is -2.26. The van der Waals surface area contributed by atoms with Crippen LogP contribution in [0.5, 0.6) is 11.5 Å². The van der Waals surface area contributed by atoms with Crippen LogP contribution in [0.4, 0.5) is 0 Å². The molecule has 0 radical (unpaired) electrons. The van der Waals surface area contributed by atoms with Crippen LogP contribution in [0.1, 0.15) is 36.9 Å². The van der Waals surface area contributed by atoms with Gasteiger partial charge in [-0.15, -0.1) is 10.2 Å². The first kappa shape index (κ1) is 21.8. The molecule has 172 valence electrons. The predicted molar refractivity (Wildman–Crippen MR) is 128 cm³/mol. The molecule has 2 aliphatic rings. The van der Waals surface area contributed by atoms with Gasteiger partial charge in [0.05, 0.1) is 11.8 Å². The smallest absolute Gasteiger partial charge is 0.233 e. The molecule has 0 aliphatic carbocycles. The Balaban J connectivity index is 1.30. The highest BCUT2D eigenvalue weighted by Crippen LogP contribution is 2.38. The molecule has 1 aromatic heterocycles. The average molecular weight is 465 g/mol. The molecule has 1 amide bonds. The lowest BCUT2D eigenvalue weighted by molar-refractivity contribution is -0.129. The third kappa shape index (κ3) is 4.31. The number of amides is 1. The minimum Gasteiger partial charge on any atom is -0.486 e. The van der Waals surface area contributed by atoms with E-state index in [1.54, 1.807) is 0 Å². The van der Waals surface area contributed by atoms with Gasteiger partial charge in [0.1, 0.15) is 13.2 Å². The zero-order valence-corrected chi connectivity index (χ0v) is 19.8. The zero-order valence-electron chi connectivity index (χ0n) is 19.0. The molecular weight excluding hydrogens is 436 g/mol. The Morgan fingerprint density at radius 2 is 1.94 bits per heavy atom. The van der Waals surface area contributed by atoms with Gasteiger partial charge in [-0.3, -0.25) is 4.79 Å². The Labute approximate surface area is 198 Å². The molecule has 0 N–H and O–H groups in total. The van der Waals surface area contributed by atoms with Gasteiger partial charge >= 0.3 is 0 Å². The number of thioether (sulfide) groups is 1. The van der Waals surface area contributed by atoms with Crippen LogP contribution >= 0.6 is 11.8 Å². The minimum atomic E-state index is 0.0699. The summed E-state index contributed by atoms with van der Waals surface area (Å²) in [5, 5.41) is 9.62. The van der Waals surface area contributed by atoms with E-state index < -0.39 is 0 Å². The largest absolute Gasteiger partial charge is 0.486 e. The molecule has 1 unspecified atom stereocenters. The van der Waals surface area contributed by atoms with E-state index in [2.05, 4.69) is 46.8 Å². The molecule has 2 aromatic carbocycles. The summed E-state index contributed by atoms with van der Waals surface area (Å²) in [5.41, 5.74) is 3.34. The topological polar surface area (TPSA) is 69.5 Å². The zero-order chi connectivity index (χ0) is 22.8. The first-order valence-electron chi connectivity index (χ1n) is 11.5. The molecule has 1 fully saturated rings. The number of carbonyl (C=O) groups excluding carboxylic acids is 1. The molecule has 0 bridgehead atoms. The summed E-state index contributed by atoms with van der Waals surface area (Å²) in [6.45, 7) is 6.81. The summed E-state index contributed by atoms with van der Waals surface area (Å²) in [6.07, 6.45) is 1.96. The summed E-state index contributed by atoms with van der Waals surface area (Å²) >= 11 is 1.46. The van der Waals surface area contributed by atoms with E-state index in [0.29, 0.717) is 19.0 Å². The van der Waals surface area contributed by atoms with E-state index in [-0.39, 0.29) is 11.9 Å². The Kier molecular flexibility index (Phi) is 6.26. The van der Waals surface area contributed by atoms with Gasteiger partial charge < -0.3 is 18.9 Å². The van der Waals surface area contributed by atoms with E-state index in [0.717, 1.165) is 65.1 Å². The van der Waals surface area contributed by atoms with Gasteiger partial charge in [0.15, 0.2) is 22.5 Å². The molecule has 33 heavy (non-hydrogen) atoms. The number of carbonyl (C=O) groups is 1. The van der Waals surface area contributed by atoms with Crippen LogP contribution in [-0.2, 0) is 11.3 Å². The van der Waals surface area contributed by atoms with Crippen LogP contribution in [0.3, 0.4) is 0 Å². The maximum absolute atomic E-state index is 13.2. The molecule has 5 rings (SSSR count). The summed E-state index contributed by atoms with van der Waals surface area (Å²) in [6, 6.07) is 14.3. The maximum atomic E-state index is 13.2. The number of aromatic nitrogens is 3. The monoisotopic (exact) mass is 464 g/mol. The number of benzene rings is 2. The fourth-order valence-corrected chi connectivity index (χ4v) is 5.48. The molecule has 7 nitrogen and oxygen atoms in total. The Hall–Kier alpha value is -3.00. The lowest BCUT2D eigenvalue weighted by atomic mass is 10.0. The molecule has 8 heteroatoms. The van der Waals surface area contributed by atoms with Gasteiger partial charge in [-0.1, -0.05) is 42.1 Å². The quantitative estimate of drug-likeness (QED) is 0.501. The number of likely N-dealkylation sites (tertiary alicyclic amines) is 1. The van der Waals surface area contributed by atoms with Gasteiger partial charge in [-0.25, -0.2) is 0 Å². The van der Waals surface area contributed by atoms with Crippen LogP contribution < -0.4 is 9.47 Å². The first-order chi connectivity index (χ1) is 16.2. The van der Waals surface area contributed by atoms with Crippen molar-refractivity contribution in [2.24, 2.45) is 0 Å². The van der Waals surface area contributed by atoms with Crippen molar-refractivity contribution >= 4 is 17.7 Å². The maximum Gasteiger partial charge on any atom is 0.233 e. The van der Waals surface area contributed by atoms with Crippen LogP contribution in [0, 0.1) is 6.92 Å². The fraction of sp³-hybridized carbons (Fsp3) is 0.400. The highest BCUT2D eigenvalue weighted by molar-refractivity contribution is 7.99. The number of hydrogen-bond acceptors (Lipinski definition) is 6. The Morgan fingerprint density at radius 1 is 1.12 bits per heavy atom. The molecule has 0 saturated carbocycles. The van der Waals surface area contributed by atoms with Gasteiger partial charge in [0.2, 0.25) is 5.91 Å². The van der Waals surface area contributed by atoms with E-state index in [1.165, 1.54) is 11.8 Å². The highest BCUT2D eigenvalue weighted by Gasteiger charge is 2.31. The fourth-order valence-electron chi connectivity index (χ4n) is 4.59. The third-order valence-corrected chi connectivity index (χ3v) is 7.22. The third-order valence-electron chi connectivity index (χ3n) is 6.27. The summed E-state index contributed by atoms with van der Waals surface area (Å²) in [4.78, 5) is 15.2. The van der Waals surface area contributed by atoms with E-state index in [4.69, 9.17) is 9.47 Å². The molecule has 0 spiro atoms. The van der Waals surface area contributed by atoms with Gasteiger partial charge in [0, 0.05) is 18.7 Å². The number of rotatable bonds is 6. The Morgan fingerprint density at radius 3 is 2.76 bits per heavy atom. The van der Waals surface area contributed by atoms with E-state index in [9.17, 15) is 4.79 Å². The van der Waals surface area contributed by atoms with Crippen molar-refractivity contribution < 1.29 is 14.3 Å². The average Bonchev–Trinajstić information content (AvgIpc) is 3.50. The first-order valence-corrected chi connectivity index (χ1v) is 12.4. The highest BCUT2D eigenvalue weighted by atomic mass is 32.2. The van der Waals surface area contributed by atoms with Gasteiger partial charge in [-0.05, 0) is 49.9 Å². The molecule has 1 atom stereocenters. The van der Waals surface area contributed by atoms with Crippen molar-refractivity contribution in [2.75, 3.05) is 25.5 Å². The van der Waals surface area contributed by atoms with Gasteiger partial charge in [-0.2, -0.15) is 0 Å². The Bertz CT molecular complexity index is 1160. The van der Waals surface area contributed by atoms with E-state index >= 15 is 0 Å². The number of ether oxygens (including phenoxy) is 2. The predicted octanol–water partition coefficient (Wildman–Crippen LogP) is 4.50. The van der Waals surface area contributed by atoms with Gasteiger partial charge in [0.25, 0.3) is 0 Å².